The zero-order chi connectivity index (χ0) is 12.8. The smallest absolute Gasteiger partial charge is 0.138 e. The van der Waals surface area contributed by atoms with Gasteiger partial charge in [0.25, 0.3) is 0 Å². The van der Waals surface area contributed by atoms with Crippen LogP contribution in [-0.2, 0) is 0 Å². The fraction of sp³-hybridized carbons (Fsp3) is 0. The first-order valence-electron chi connectivity index (χ1n) is 5.60. The second kappa shape index (κ2) is 5.73. The number of rotatable bonds is 5. The molecule has 0 aliphatic carbocycles. The van der Waals surface area contributed by atoms with E-state index in [1.165, 1.54) is 12.5 Å². The summed E-state index contributed by atoms with van der Waals surface area (Å²) in [4.78, 5) is 0. The Morgan fingerprint density at radius 2 is 1.28 bits per heavy atom. The number of ether oxygens (including phenoxy) is 2. The molecule has 0 amide bonds. The molecule has 0 aliphatic rings. The standard InChI is InChI=1S/C16H14O2/c1-3-17-14-11-8-12-15(18-4-2)16(14)13-9-6-5-7-10-13/h3-12H,1-2H2. The van der Waals surface area contributed by atoms with Crippen molar-refractivity contribution in [2.75, 3.05) is 0 Å². The molecule has 0 aliphatic heterocycles. The fourth-order valence-electron chi connectivity index (χ4n) is 1.78. The van der Waals surface area contributed by atoms with Gasteiger partial charge in [0.05, 0.1) is 18.1 Å². The molecule has 0 fully saturated rings. The molecule has 0 heterocycles. The molecule has 0 radical (unpaired) electrons. The molecule has 18 heavy (non-hydrogen) atoms. The van der Waals surface area contributed by atoms with Crippen LogP contribution >= 0.6 is 0 Å². The SMILES string of the molecule is C=COc1cccc(OC=C)c1-c1ccccc1. The highest BCUT2D eigenvalue weighted by Crippen LogP contribution is 2.38. The average molecular weight is 238 g/mol. The van der Waals surface area contributed by atoms with E-state index in [2.05, 4.69) is 13.2 Å². The monoisotopic (exact) mass is 238 g/mol. The maximum absolute atomic E-state index is 5.43. The molecule has 0 spiro atoms. The van der Waals surface area contributed by atoms with Gasteiger partial charge in [-0.1, -0.05) is 49.6 Å². The van der Waals surface area contributed by atoms with Gasteiger partial charge in [-0.2, -0.15) is 0 Å². The Balaban J connectivity index is 2.59. The minimum Gasteiger partial charge on any atom is -0.465 e. The first-order valence-corrected chi connectivity index (χ1v) is 5.60. The lowest BCUT2D eigenvalue weighted by molar-refractivity contribution is 0.464. The summed E-state index contributed by atoms with van der Waals surface area (Å²) in [5, 5.41) is 0. The summed E-state index contributed by atoms with van der Waals surface area (Å²) in [7, 11) is 0. The maximum Gasteiger partial charge on any atom is 0.138 e. The number of hydrogen-bond acceptors (Lipinski definition) is 2. The fourth-order valence-corrected chi connectivity index (χ4v) is 1.78. The lowest BCUT2D eigenvalue weighted by atomic mass is 10.0. The van der Waals surface area contributed by atoms with E-state index in [1.54, 1.807) is 0 Å². The molecule has 0 unspecified atom stereocenters. The van der Waals surface area contributed by atoms with E-state index in [4.69, 9.17) is 9.47 Å². The Kier molecular flexibility index (Phi) is 3.82. The van der Waals surface area contributed by atoms with Crippen molar-refractivity contribution in [3.05, 3.63) is 74.2 Å². The zero-order valence-corrected chi connectivity index (χ0v) is 10.0. The van der Waals surface area contributed by atoms with Crippen LogP contribution in [0.2, 0.25) is 0 Å². The van der Waals surface area contributed by atoms with E-state index in [0.717, 1.165) is 11.1 Å². The summed E-state index contributed by atoms with van der Waals surface area (Å²) < 4.78 is 10.9. The van der Waals surface area contributed by atoms with Crippen molar-refractivity contribution in [3.8, 4) is 22.6 Å². The second-order valence-corrected chi connectivity index (χ2v) is 3.56. The highest BCUT2D eigenvalue weighted by molar-refractivity contribution is 5.77. The van der Waals surface area contributed by atoms with Crippen molar-refractivity contribution in [2.24, 2.45) is 0 Å². The van der Waals surface area contributed by atoms with Crippen molar-refractivity contribution in [1.82, 2.24) is 0 Å². The molecule has 0 N–H and O–H groups in total. The topological polar surface area (TPSA) is 18.5 Å². The molecule has 0 atom stereocenters. The van der Waals surface area contributed by atoms with Crippen molar-refractivity contribution < 1.29 is 9.47 Å². The summed E-state index contributed by atoms with van der Waals surface area (Å²) in [6.45, 7) is 7.17. The van der Waals surface area contributed by atoms with Crippen molar-refractivity contribution in [3.63, 3.8) is 0 Å². The Hall–Kier alpha value is -2.48. The third-order valence-corrected chi connectivity index (χ3v) is 2.47. The van der Waals surface area contributed by atoms with Gasteiger partial charge >= 0.3 is 0 Å². The first kappa shape index (κ1) is 12.0. The summed E-state index contributed by atoms with van der Waals surface area (Å²) in [6, 6.07) is 15.5. The number of benzene rings is 2. The van der Waals surface area contributed by atoms with Crippen LogP contribution in [0.15, 0.2) is 74.2 Å². The van der Waals surface area contributed by atoms with Gasteiger partial charge in [-0.15, -0.1) is 0 Å². The Morgan fingerprint density at radius 3 is 1.78 bits per heavy atom. The van der Waals surface area contributed by atoms with E-state index >= 15 is 0 Å². The van der Waals surface area contributed by atoms with Crippen LogP contribution in [0.25, 0.3) is 11.1 Å². The minimum atomic E-state index is 0.704. The van der Waals surface area contributed by atoms with E-state index < -0.39 is 0 Å². The number of hydrogen-bond donors (Lipinski definition) is 0. The summed E-state index contributed by atoms with van der Waals surface area (Å²) >= 11 is 0. The Bertz CT molecular complexity index is 516. The van der Waals surface area contributed by atoms with Crippen molar-refractivity contribution in [1.29, 1.82) is 0 Å². The van der Waals surface area contributed by atoms with Crippen LogP contribution in [0, 0.1) is 0 Å². The highest BCUT2D eigenvalue weighted by atomic mass is 16.5. The van der Waals surface area contributed by atoms with E-state index in [0.29, 0.717) is 11.5 Å². The molecule has 2 aromatic rings. The lowest BCUT2D eigenvalue weighted by Crippen LogP contribution is -1.91. The molecule has 0 saturated carbocycles. The minimum absolute atomic E-state index is 0.704. The van der Waals surface area contributed by atoms with Crippen LogP contribution in [0.5, 0.6) is 11.5 Å². The Morgan fingerprint density at radius 1 is 0.722 bits per heavy atom. The van der Waals surface area contributed by atoms with Crippen LogP contribution in [0.1, 0.15) is 0 Å². The van der Waals surface area contributed by atoms with Gasteiger partial charge in [0, 0.05) is 0 Å². The van der Waals surface area contributed by atoms with Crippen molar-refractivity contribution >= 4 is 0 Å². The van der Waals surface area contributed by atoms with Gasteiger partial charge in [-0.3, -0.25) is 0 Å². The van der Waals surface area contributed by atoms with Gasteiger partial charge < -0.3 is 9.47 Å². The maximum atomic E-state index is 5.43. The molecular weight excluding hydrogens is 224 g/mol. The van der Waals surface area contributed by atoms with Crippen LogP contribution in [0.4, 0.5) is 0 Å². The van der Waals surface area contributed by atoms with Gasteiger partial charge in [-0.25, -0.2) is 0 Å². The Labute approximate surface area is 107 Å². The molecule has 0 saturated heterocycles. The zero-order valence-electron chi connectivity index (χ0n) is 10.0. The van der Waals surface area contributed by atoms with E-state index in [-0.39, 0.29) is 0 Å². The largest absolute Gasteiger partial charge is 0.465 e. The second-order valence-electron chi connectivity index (χ2n) is 3.56. The average Bonchev–Trinajstić information content (AvgIpc) is 2.41. The van der Waals surface area contributed by atoms with Crippen molar-refractivity contribution in [2.45, 2.75) is 0 Å². The highest BCUT2D eigenvalue weighted by Gasteiger charge is 2.11. The van der Waals surface area contributed by atoms with Crippen LogP contribution in [0.3, 0.4) is 0 Å². The lowest BCUT2D eigenvalue weighted by Gasteiger charge is -2.13. The quantitative estimate of drug-likeness (QED) is 0.719. The van der Waals surface area contributed by atoms with E-state index in [1.807, 2.05) is 48.5 Å². The molecule has 0 bridgehead atoms. The summed E-state index contributed by atoms with van der Waals surface area (Å²) in [5.41, 5.74) is 1.91. The molecule has 2 nitrogen and oxygen atoms in total. The third-order valence-electron chi connectivity index (χ3n) is 2.47. The van der Waals surface area contributed by atoms with Gasteiger partial charge in [0.15, 0.2) is 0 Å². The van der Waals surface area contributed by atoms with Crippen LogP contribution in [-0.4, -0.2) is 0 Å². The molecule has 2 heteroatoms. The molecular formula is C16H14O2. The molecule has 2 aromatic carbocycles. The van der Waals surface area contributed by atoms with Gasteiger partial charge in [0.2, 0.25) is 0 Å². The van der Waals surface area contributed by atoms with Crippen LogP contribution < -0.4 is 9.47 Å². The third kappa shape index (κ3) is 2.43. The van der Waals surface area contributed by atoms with Gasteiger partial charge in [-0.05, 0) is 17.7 Å². The molecule has 0 aromatic heterocycles. The van der Waals surface area contributed by atoms with E-state index in [9.17, 15) is 0 Å². The summed E-state index contributed by atoms with van der Waals surface area (Å²) in [6.07, 6.45) is 2.80. The predicted molar refractivity (Wildman–Crippen MR) is 73.5 cm³/mol. The summed E-state index contributed by atoms with van der Waals surface area (Å²) in [5.74, 6) is 1.41. The first-order chi connectivity index (χ1) is 8.86. The predicted octanol–water partition coefficient (Wildman–Crippen LogP) is 4.40. The molecule has 2 rings (SSSR count). The van der Waals surface area contributed by atoms with Gasteiger partial charge in [0.1, 0.15) is 11.5 Å². The molecule has 90 valence electrons. The normalized spacial score (nSPS) is 9.56.